The van der Waals surface area contributed by atoms with Crippen LogP contribution in [0.25, 0.3) is 0 Å². The van der Waals surface area contributed by atoms with Crippen molar-refractivity contribution in [1.82, 2.24) is 0 Å². The fraction of sp³-hybridized carbons (Fsp3) is 0.222. The smallest absolute Gasteiger partial charge is 0.218 e. The predicted octanol–water partition coefficient (Wildman–Crippen LogP) is 2.72. The van der Waals surface area contributed by atoms with E-state index in [0.717, 1.165) is 15.7 Å². The van der Waals surface area contributed by atoms with E-state index >= 15 is 0 Å². The van der Waals surface area contributed by atoms with E-state index in [2.05, 4.69) is 27.6 Å². The molecule has 0 N–H and O–H groups in total. The van der Waals surface area contributed by atoms with Gasteiger partial charge in [0.15, 0.2) is 0 Å². The normalized spacial score (nSPS) is 15.4. The molecular formula is C9H7ClINO. The Morgan fingerprint density at radius 1 is 1.46 bits per heavy atom. The van der Waals surface area contributed by atoms with E-state index in [4.69, 9.17) is 16.3 Å². The molecule has 0 saturated heterocycles. The van der Waals surface area contributed by atoms with Gasteiger partial charge in [0.2, 0.25) is 5.90 Å². The molecule has 0 atom stereocenters. The number of nitrogens with zero attached hydrogens (tertiary/aromatic N) is 1. The second kappa shape index (κ2) is 3.84. The van der Waals surface area contributed by atoms with E-state index < -0.39 is 0 Å². The van der Waals surface area contributed by atoms with Crippen LogP contribution in [0, 0.1) is 3.57 Å². The summed E-state index contributed by atoms with van der Waals surface area (Å²) in [6.07, 6.45) is 0. The van der Waals surface area contributed by atoms with E-state index in [0.29, 0.717) is 17.5 Å². The van der Waals surface area contributed by atoms with Crippen molar-refractivity contribution < 1.29 is 4.74 Å². The van der Waals surface area contributed by atoms with Crippen LogP contribution in [0.1, 0.15) is 5.56 Å². The second-order valence-corrected chi connectivity index (χ2v) is 4.20. The first-order chi connectivity index (χ1) is 6.29. The summed E-state index contributed by atoms with van der Waals surface area (Å²) in [5.74, 6) is 0.676. The summed E-state index contributed by atoms with van der Waals surface area (Å²) < 4.78 is 6.44. The number of ether oxygens (including phenoxy) is 1. The Balaban J connectivity index is 2.49. The molecular weight excluding hydrogens is 300 g/mol. The lowest BCUT2D eigenvalue weighted by atomic mass is 10.2. The molecule has 0 amide bonds. The maximum Gasteiger partial charge on any atom is 0.218 e. The van der Waals surface area contributed by atoms with Crippen molar-refractivity contribution >= 4 is 40.1 Å². The highest BCUT2D eigenvalue weighted by atomic mass is 127. The van der Waals surface area contributed by atoms with Gasteiger partial charge in [-0.3, -0.25) is 0 Å². The van der Waals surface area contributed by atoms with Crippen LogP contribution in [0.15, 0.2) is 23.2 Å². The highest BCUT2D eigenvalue weighted by molar-refractivity contribution is 14.1. The number of halogens is 2. The lowest BCUT2D eigenvalue weighted by Gasteiger charge is -2.05. The quantitative estimate of drug-likeness (QED) is 0.731. The average Bonchev–Trinajstić information content (AvgIpc) is 2.57. The highest BCUT2D eigenvalue weighted by Gasteiger charge is 2.16. The third-order valence-corrected chi connectivity index (χ3v) is 2.98. The number of aliphatic imine (C=N–C) groups is 1. The van der Waals surface area contributed by atoms with Gasteiger partial charge < -0.3 is 4.74 Å². The molecule has 0 radical (unpaired) electrons. The van der Waals surface area contributed by atoms with Gasteiger partial charge in [-0.05, 0) is 34.7 Å². The maximum absolute atomic E-state index is 6.04. The Morgan fingerprint density at radius 2 is 2.31 bits per heavy atom. The zero-order chi connectivity index (χ0) is 9.26. The van der Waals surface area contributed by atoms with Crippen LogP contribution < -0.4 is 0 Å². The van der Waals surface area contributed by atoms with Gasteiger partial charge in [0, 0.05) is 3.57 Å². The molecule has 0 fully saturated rings. The van der Waals surface area contributed by atoms with Crippen molar-refractivity contribution in [3.8, 4) is 0 Å². The largest absolute Gasteiger partial charge is 0.475 e. The molecule has 1 aromatic carbocycles. The first kappa shape index (κ1) is 9.27. The molecule has 0 aliphatic carbocycles. The summed E-state index contributed by atoms with van der Waals surface area (Å²) >= 11 is 8.27. The molecule has 0 unspecified atom stereocenters. The van der Waals surface area contributed by atoms with Gasteiger partial charge in [-0.25, -0.2) is 4.99 Å². The summed E-state index contributed by atoms with van der Waals surface area (Å²) in [4.78, 5) is 4.23. The molecule has 0 aromatic heterocycles. The van der Waals surface area contributed by atoms with Gasteiger partial charge in [-0.2, -0.15) is 0 Å². The Bertz CT molecular complexity index is 344. The van der Waals surface area contributed by atoms with Gasteiger partial charge in [-0.15, -0.1) is 0 Å². The molecule has 4 heteroatoms. The van der Waals surface area contributed by atoms with E-state index in [1.807, 2.05) is 18.2 Å². The molecule has 0 spiro atoms. The molecule has 1 heterocycles. The van der Waals surface area contributed by atoms with Crippen LogP contribution in [-0.4, -0.2) is 19.0 Å². The Kier molecular flexibility index (Phi) is 2.74. The van der Waals surface area contributed by atoms with Gasteiger partial charge in [0.05, 0.1) is 17.1 Å². The standard InChI is InChI=1S/C9H7ClINO/c10-6-2-1-3-7(11)8(6)9-12-4-5-13-9/h1-3H,4-5H2. The Morgan fingerprint density at radius 3 is 2.92 bits per heavy atom. The summed E-state index contributed by atoms with van der Waals surface area (Å²) in [6, 6.07) is 5.76. The molecule has 1 aromatic rings. The second-order valence-electron chi connectivity index (χ2n) is 2.63. The predicted molar refractivity (Wildman–Crippen MR) is 61.5 cm³/mol. The number of hydrogen-bond acceptors (Lipinski definition) is 2. The molecule has 2 rings (SSSR count). The Hall–Kier alpha value is -0.290. The van der Waals surface area contributed by atoms with Crippen LogP contribution in [0.2, 0.25) is 5.02 Å². The fourth-order valence-corrected chi connectivity index (χ4v) is 2.33. The van der Waals surface area contributed by atoms with Crippen molar-refractivity contribution in [2.45, 2.75) is 0 Å². The van der Waals surface area contributed by atoms with Gasteiger partial charge in [0.1, 0.15) is 6.61 Å². The topological polar surface area (TPSA) is 21.6 Å². The van der Waals surface area contributed by atoms with Crippen LogP contribution in [0.3, 0.4) is 0 Å². The minimum Gasteiger partial charge on any atom is -0.475 e. The summed E-state index contributed by atoms with van der Waals surface area (Å²) in [6.45, 7) is 1.40. The third-order valence-electron chi connectivity index (χ3n) is 1.76. The number of benzene rings is 1. The van der Waals surface area contributed by atoms with Gasteiger partial charge in [0.25, 0.3) is 0 Å². The molecule has 1 aliphatic rings. The van der Waals surface area contributed by atoms with Gasteiger partial charge in [-0.1, -0.05) is 17.7 Å². The van der Waals surface area contributed by atoms with E-state index in [-0.39, 0.29) is 0 Å². The molecule has 2 nitrogen and oxygen atoms in total. The van der Waals surface area contributed by atoms with Gasteiger partial charge >= 0.3 is 0 Å². The number of hydrogen-bond donors (Lipinski definition) is 0. The zero-order valence-corrected chi connectivity index (χ0v) is 9.67. The van der Waals surface area contributed by atoms with Crippen LogP contribution >= 0.6 is 34.2 Å². The minimum absolute atomic E-state index is 0.663. The SMILES string of the molecule is Clc1cccc(I)c1C1=NCCO1. The van der Waals surface area contributed by atoms with Crippen molar-refractivity contribution in [3.05, 3.63) is 32.4 Å². The van der Waals surface area contributed by atoms with E-state index in [1.54, 1.807) is 0 Å². The first-order valence-electron chi connectivity index (χ1n) is 3.90. The zero-order valence-electron chi connectivity index (χ0n) is 6.76. The van der Waals surface area contributed by atoms with Crippen LogP contribution in [0.4, 0.5) is 0 Å². The summed E-state index contributed by atoms with van der Waals surface area (Å²) in [5.41, 5.74) is 0.919. The van der Waals surface area contributed by atoms with Crippen molar-refractivity contribution in [1.29, 1.82) is 0 Å². The lowest BCUT2D eigenvalue weighted by Crippen LogP contribution is -2.04. The highest BCUT2D eigenvalue weighted by Crippen LogP contribution is 2.23. The van der Waals surface area contributed by atoms with Crippen molar-refractivity contribution in [2.75, 3.05) is 13.2 Å². The average molecular weight is 308 g/mol. The summed E-state index contributed by atoms with van der Waals surface area (Å²) in [5, 5.41) is 0.701. The molecule has 68 valence electrons. The maximum atomic E-state index is 6.04. The lowest BCUT2D eigenvalue weighted by molar-refractivity contribution is 0.348. The van der Waals surface area contributed by atoms with Crippen LogP contribution in [0.5, 0.6) is 0 Å². The van der Waals surface area contributed by atoms with Crippen molar-refractivity contribution in [2.24, 2.45) is 4.99 Å². The van der Waals surface area contributed by atoms with E-state index in [1.165, 1.54) is 0 Å². The van der Waals surface area contributed by atoms with E-state index in [9.17, 15) is 0 Å². The molecule has 0 bridgehead atoms. The third kappa shape index (κ3) is 1.81. The molecule has 13 heavy (non-hydrogen) atoms. The Labute approximate surface area is 95.1 Å². The molecule has 0 saturated carbocycles. The van der Waals surface area contributed by atoms with Crippen molar-refractivity contribution in [3.63, 3.8) is 0 Å². The monoisotopic (exact) mass is 307 g/mol. The fourth-order valence-electron chi connectivity index (χ4n) is 1.19. The van der Waals surface area contributed by atoms with Crippen LogP contribution in [-0.2, 0) is 4.74 Å². The number of rotatable bonds is 1. The first-order valence-corrected chi connectivity index (χ1v) is 5.36. The summed E-state index contributed by atoms with van der Waals surface area (Å²) in [7, 11) is 0. The minimum atomic E-state index is 0.663. The molecule has 1 aliphatic heterocycles.